The van der Waals surface area contributed by atoms with Crippen LogP contribution in [0.4, 0.5) is 0 Å². The van der Waals surface area contributed by atoms with E-state index in [-0.39, 0.29) is 11.7 Å². The lowest BCUT2D eigenvalue weighted by Crippen LogP contribution is -2.11. The number of hydrogen-bond acceptors (Lipinski definition) is 5. The minimum atomic E-state index is -0.479. The van der Waals surface area contributed by atoms with Gasteiger partial charge >= 0.3 is 5.97 Å². The molecule has 0 radical (unpaired) electrons. The summed E-state index contributed by atoms with van der Waals surface area (Å²) in [5.41, 5.74) is 0.783. The Hall–Kier alpha value is -2.18. The van der Waals surface area contributed by atoms with E-state index in [1.165, 1.54) is 0 Å². The highest BCUT2D eigenvalue weighted by Crippen LogP contribution is 2.23. The molecule has 0 saturated carbocycles. The fourth-order valence-electron chi connectivity index (χ4n) is 1.79. The Balaban J connectivity index is 2.58. The Morgan fingerprint density at radius 1 is 1.47 bits per heavy atom. The van der Waals surface area contributed by atoms with Gasteiger partial charge in [0.25, 0.3) is 0 Å². The third-order valence-electron chi connectivity index (χ3n) is 2.69. The average molecular weight is 263 g/mol. The minimum Gasteiger partial charge on any atom is -0.461 e. The number of aryl methyl sites for hydroxylation is 1. The van der Waals surface area contributed by atoms with Gasteiger partial charge in [0.1, 0.15) is 5.69 Å². The summed E-state index contributed by atoms with van der Waals surface area (Å²) < 4.78 is 8.50. The number of hydrogen-bond donors (Lipinski definition) is 0. The van der Waals surface area contributed by atoms with Crippen molar-refractivity contribution in [1.82, 2.24) is 24.5 Å². The van der Waals surface area contributed by atoms with Gasteiger partial charge in [-0.1, -0.05) is 5.21 Å². The number of nitrogens with zero attached hydrogens (tertiary/aromatic N) is 5. The molecule has 0 aliphatic rings. The predicted molar refractivity (Wildman–Crippen MR) is 68.6 cm³/mol. The quantitative estimate of drug-likeness (QED) is 0.780. The molecule has 0 amide bonds. The van der Waals surface area contributed by atoms with Crippen molar-refractivity contribution in [2.75, 3.05) is 6.61 Å². The maximum atomic E-state index is 11.9. The number of rotatable bonds is 4. The van der Waals surface area contributed by atoms with E-state index in [0.29, 0.717) is 18.1 Å². The maximum absolute atomic E-state index is 11.9. The van der Waals surface area contributed by atoms with Gasteiger partial charge in [-0.05, 0) is 20.8 Å². The summed E-state index contributed by atoms with van der Waals surface area (Å²) in [5, 5.41) is 7.97. The van der Waals surface area contributed by atoms with Gasteiger partial charge in [-0.15, -0.1) is 5.10 Å². The molecule has 2 heterocycles. The fourth-order valence-corrected chi connectivity index (χ4v) is 1.79. The van der Waals surface area contributed by atoms with E-state index in [0.717, 1.165) is 0 Å². The van der Waals surface area contributed by atoms with E-state index in [1.54, 1.807) is 17.8 Å². The molecule has 0 N–H and O–H groups in total. The summed E-state index contributed by atoms with van der Waals surface area (Å²) in [7, 11) is 1.86. The van der Waals surface area contributed by atoms with Crippen LogP contribution in [-0.2, 0) is 11.8 Å². The highest BCUT2D eigenvalue weighted by Gasteiger charge is 2.25. The molecule has 102 valence electrons. The van der Waals surface area contributed by atoms with E-state index in [9.17, 15) is 4.79 Å². The van der Waals surface area contributed by atoms with Gasteiger partial charge < -0.3 is 9.30 Å². The molecule has 2 aromatic heterocycles. The molecule has 7 heteroatoms. The van der Waals surface area contributed by atoms with Gasteiger partial charge in [-0.2, -0.15) is 0 Å². The third-order valence-corrected chi connectivity index (χ3v) is 2.69. The molecule has 2 rings (SSSR count). The zero-order valence-electron chi connectivity index (χ0n) is 11.5. The van der Waals surface area contributed by atoms with Crippen LogP contribution in [0.25, 0.3) is 11.5 Å². The second-order valence-corrected chi connectivity index (χ2v) is 4.41. The smallest absolute Gasteiger partial charge is 0.361 e. The lowest BCUT2D eigenvalue weighted by Gasteiger charge is -2.10. The van der Waals surface area contributed by atoms with Crippen molar-refractivity contribution in [3.8, 4) is 11.5 Å². The van der Waals surface area contributed by atoms with Crippen LogP contribution in [0.5, 0.6) is 0 Å². The van der Waals surface area contributed by atoms with Crippen molar-refractivity contribution in [1.29, 1.82) is 0 Å². The predicted octanol–water partition coefficient (Wildman–Crippen LogP) is 1.44. The van der Waals surface area contributed by atoms with E-state index in [4.69, 9.17) is 4.74 Å². The SMILES string of the molecule is CCOC(=O)c1nnn(C(C)C)c1-c1nccn1C. The lowest BCUT2D eigenvalue weighted by atomic mass is 10.2. The van der Waals surface area contributed by atoms with Crippen LogP contribution < -0.4 is 0 Å². The molecule has 0 saturated heterocycles. The van der Waals surface area contributed by atoms with Crippen molar-refractivity contribution in [3.05, 3.63) is 18.1 Å². The van der Waals surface area contributed by atoms with Gasteiger partial charge in [0, 0.05) is 25.5 Å². The Kier molecular flexibility index (Phi) is 3.64. The number of carbonyl (C=O) groups is 1. The van der Waals surface area contributed by atoms with Gasteiger partial charge in [0.05, 0.1) is 6.61 Å². The summed E-state index contributed by atoms with van der Waals surface area (Å²) >= 11 is 0. The van der Waals surface area contributed by atoms with Crippen LogP contribution in [0, 0.1) is 0 Å². The Bertz CT molecular complexity index is 585. The van der Waals surface area contributed by atoms with Crippen LogP contribution in [-0.4, -0.2) is 37.1 Å². The Morgan fingerprint density at radius 2 is 2.21 bits per heavy atom. The highest BCUT2D eigenvalue weighted by atomic mass is 16.5. The largest absolute Gasteiger partial charge is 0.461 e. The lowest BCUT2D eigenvalue weighted by molar-refractivity contribution is 0.0520. The zero-order valence-corrected chi connectivity index (χ0v) is 11.5. The summed E-state index contributed by atoms with van der Waals surface area (Å²) in [6.07, 6.45) is 3.48. The number of esters is 1. The minimum absolute atomic E-state index is 0.0716. The molecule has 0 spiro atoms. The van der Waals surface area contributed by atoms with Crippen molar-refractivity contribution < 1.29 is 9.53 Å². The molecule has 19 heavy (non-hydrogen) atoms. The molecule has 2 aromatic rings. The van der Waals surface area contributed by atoms with E-state index >= 15 is 0 Å². The van der Waals surface area contributed by atoms with Crippen LogP contribution in [0.3, 0.4) is 0 Å². The van der Waals surface area contributed by atoms with Crippen molar-refractivity contribution in [3.63, 3.8) is 0 Å². The normalized spacial score (nSPS) is 11.0. The monoisotopic (exact) mass is 263 g/mol. The zero-order chi connectivity index (χ0) is 14.0. The topological polar surface area (TPSA) is 74.8 Å². The third kappa shape index (κ3) is 2.35. The first kappa shape index (κ1) is 13.3. The van der Waals surface area contributed by atoms with E-state index < -0.39 is 5.97 Å². The molecule has 0 fully saturated rings. The molecular weight excluding hydrogens is 246 g/mol. The van der Waals surface area contributed by atoms with Crippen molar-refractivity contribution in [2.45, 2.75) is 26.8 Å². The van der Waals surface area contributed by atoms with Crippen LogP contribution in [0.2, 0.25) is 0 Å². The van der Waals surface area contributed by atoms with Crippen LogP contribution in [0.15, 0.2) is 12.4 Å². The fraction of sp³-hybridized carbons (Fsp3) is 0.500. The Morgan fingerprint density at radius 3 is 2.74 bits per heavy atom. The summed E-state index contributed by atoms with van der Waals surface area (Å²) in [6, 6.07) is 0.0716. The standard InChI is InChI=1S/C12H17N5O2/c1-5-19-12(18)9-10(11-13-6-7-16(11)4)17(8(2)3)15-14-9/h6-8H,5H2,1-4H3. The number of aromatic nitrogens is 5. The number of ether oxygens (including phenoxy) is 1. The first-order chi connectivity index (χ1) is 9.06. The molecule has 0 atom stereocenters. The average Bonchev–Trinajstić information content (AvgIpc) is 2.94. The van der Waals surface area contributed by atoms with Gasteiger partial charge in [-0.25, -0.2) is 14.5 Å². The van der Waals surface area contributed by atoms with Crippen LogP contribution in [0.1, 0.15) is 37.3 Å². The Labute approximate surface area is 111 Å². The molecular formula is C12H17N5O2. The highest BCUT2D eigenvalue weighted by molar-refractivity contribution is 5.93. The van der Waals surface area contributed by atoms with Gasteiger partial charge in [0.2, 0.25) is 5.69 Å². The van der Waals surface area contributed by atoms with E-state index in [2.05, 4.69) is 15.3 Å². The van der Waals surface area contributed by atoms with Gasteiger partial charge in [0.15, 0.2) is 5.82 Å². The molecule has 7 nitrogen and oxygen atoms in total. The first-order valence-corrected chi connectivity index (χ1v) is 6.16. The van der Waals surface area contributed by atoms with E-state index in [1.807, 2.05) is 31.7 Å². The molecule has 0 bridgehead atoms. The number of imidazole rings is 1. The van der Waals surface area contributed by atoms with Crippen molar-refractivity contribution in [2.24, 2.45) is 7.05 Å². The van der Waals surface area contributed by atoms with Crippen molar-refractivity contribution >= 4 is 5.97 Å². The van der Waals surface area contributed by atoms with Crippen LogP contribution >= 0.6 is 0 Å². The first-order valence-electron chi connectivity index (χ1n) is 6.16. The molecule has 0 aliphatic carbocycles. The summed E-state index contributed by atoms with van der Waals surface area (Å²) in [5.74, 6) is 0.161. The molecule has 0 aliphatic heterocycles. The molecule has 0 unspecified atom stereocenters. The molecule has 0 aromatic carbocycles. The summed E-state index contributed by atoms with van der Waals surface area (Å²) in [6.45, 7) is 5.99. The second kappa shape index (κ2) is 5.21. The second-order valence-electron chi connectivity index (χ2n) is 4.41. The number of carbonyl (C=O) groups excluding carboxylic acids is 1. The summed E-state index contributed by atoms with van der Waals surface area (Å²) in [4.78, 5) is 16.2. The maximum Gasteiger partial charge on any atom is 0.361 e. The van der Waals surface area contributed by atoms with Gasteiger partial charge in [-0.3, -0.25) is 0 Å².